The minimum atomic E-state index is 0.579. The van der Waals surface area contributed by atoms with Crippen LogP contribution in [0.2, 0.25) is 0 Å². The predicted molar refractivity (Wildman–Crippen MR) is 88.0 cm³/mol. The number of hydrogen-bond acceptors (Lipinski definition) is 2. The molecule has 0 saturated carbocycles. The minimum Gasteiger partial charge on any atom is -0.487 e. The molecule has 1 heterocycles. The molecule has 0 aliphatic rings. The maximum Gasteiger partial charge on any atom is 0.134 e. The van der Waals surface area contributed by atoms with Crippen LogP contribution in [0.25, 0.3) is 10.8 Å². The Morgan fingerprint density at radius 1 is 1.00 bits per heavy atom. The summed E-state index contributed by atoms with van der Waals surface area (Å²) in [6.07, 6.45) is 0. The Labute approximate surface area is 132 Å². The first-order chi connectivity index (χ1) is 9.25. The summed E-state index contributed by atoms with van der Waals surface area (Å²) in [4.78, 5) is 1.19. The normalized spacial score (nSPS) is 10.8. The van der Waals surface area contributed by atoms with E-state index in [1.54, 1.807) is 11.3 Å². The van der Waals surface area contributed by atoms with Gasteiger partial charge in [0.2, 0.25) is 0 Å². The fourth-order valence-corrected chi connectivity index (χ4v) is 3.88. The second kappa shape index (κ2) is 5.65. The van der Waals surface area contributed by atoms with E-state index in [2.05, 4.69) is 55.4 Å². The Kier molecular flexibility index (Phi) is 3.91. The van der Waals surface area contributed by atoms with Crippen LogP contribution in [0.4, 0.5) is 0 Å². The fourth-order valence-electron chi connectivity index (χ4n) is 1.90. The number of benzene rings is 2. The van der Waals surface area contributed by atoms with Crippen LogP contribution in [0.3, 0.4) is 0 Å². The molecular formula is C15H10Br2OS. The molecule has 0 aliphatic heterocycles. The zero-order chi connectivity index (χ0) is 13.2. The van der Waals surface area contributed by atoms with Gasteiger partial charge < -0.3 is 4.74 Å². The topological polar surface area (TPSA) is 9.23 Å². The van der Waals surface area contributed by atoms with Crippen molar-refractivity contribution in [1.82, 2.24) is 0 Å². The van der Waals surface area contributed by atoms with Crippen molar-refractivity contribution in [3.63, 3.8) is 0 Å². The first-order valence-electron chi connectivity index (χ1n) is 5.77. The lowest BCUT2D eigenvalue weighted by Gasteiger charge is -2.10. The average Bonchev–Trinajstić information content (AvgIpc) is 2.84. The molecule has 0 fully saturated rings. The molecule has 19 heavy (non-hydrogen) atoms. The maximum atomic E-state index is 5.90. The van der Waals surface area contributed by atoms with Crippen molar-refractivity contribution in [3.05, 3.63) is 61.7 Å². The number of thiophene rings is 1. The van der Waals surface area contributed by atoms with Crippen LogP contribution in [0.15, 0.2) is 56.8 Å². The largest absolute Gasteiger partial charge is 0.487 e. The Hall–Kier alpha value is -0.840. The zero-order valence-electron chi connectivity index (χ0n) is 9.90. The highest BCUT2D eigenvalue weighted by Gasteiger charge is 2.07. The fraction of sp³-hybridized carbons (Fsp3) is 0.0667. The van der Waals surface area contributed by atoms with Crippen molar-refractivity contribution in [3.8, 4) is 5.75 Å². The summed E-state index contributed by atoms with van der Waals surface area (Å²) >= 11 is 8.84. The Bertz CT molecular complexity index is 721. The van der Waals surface area contributed by atoms with E-state index in [1.807, 2.05) is 24.3 Å². The second-order valence-corrected chi connectivity index (χ2v) is 6.73. The highest BCUT2D eigenvalue weighted by Crippen LogP contribution is 2.34. The molecular weight excluding hydrogens is 388 g/mol. The lowest BCUT2D eigenvalue weighted by molar-refractivity contribution is 0.307. The molecule has 1 nitrogen and oxygen atoms in total. The smallest absolute Gasteiger partial charge is 0.134 e. The Morgan fingerprint density at radius 2 is 1.84 bits per heavy atom. The lowest BCUT2D eigenvalue weighted by atomic mass is 10.1. The molecule has 0 bridgehead atoms. The van der Waals surface area contributed by atoms with Crippen LogP contribution in [0.1, 0.15) is 4.88 Å². The zero-order valence-corrected chi connectivity index (χ0v) is 13.9. The Balaban J connectivity index is 1.89. The average molecular weight is 398 g/mol. The minimum absolute atomic E-state index is 0.579. The molecule has 4 heteroatoms. The van der Waals surface area contributed by atoms with Gasteiger partial charge in [-0.2, -0.15) is 0 Å². The van der Waals surface area contributed by atoms with Crippen LogP contribution in [-0.4, -0.2) is 0 Å². The molecule has 96 valence electrons. The van der Waals surface area contributed by atoms with Gasteiger partial charge >= 0.3 is 0 Å². The van der Waals surface area contributed by atoms with Gasteiger partial charge in [-0.3, -0.25) is 0 Å². The third-order valence-electron chi connectivity index (χ3n) is 2.88. The Morgan fingerprint density at radius 3 is 2.63 bits per heavy atom. The van der Waals surface area contributed by atoms with E-state index in [0.29, 0.717) is 6.61 Å². The summed E-state index contributed by atoms with van der Waals surface area (Å²) < 4.78 is 8.02. The number of hydrogen-bond donors (Lipinski definition) is 0. The summed E-state index contributed by atoms with van der Waals surface area (Å²) in [5.41, 5.74) is 0. The van der Waals surface area contributed by atoms with Gasteiger partial charge in [0.25, 0.3) is 0 Å². The van der Waals surface area contributed by atoms with E-state index in [4.69, 9.17) is 4.74 Å². The van der Waals surface area contributed by atoms with Crippen LogP contribution < -0.4 is 4.74 Å². The number of ether oxygens (including phenoxy) is 1. The molecule has 0 amide bonds. The first-order valence-corrected chi connectivity index (χ1v) is 8.24. The summed E-state index contributed by atoms with van der Waals surface area (Å²) in [5, 5.41) is 4.43. The van der Waals surface area contributed by atoms with Crippen molar-refractivity contribution in [2.45, 2.75) is 6.61 Å². The van der Waals surface area contributed by atoms with Gasteiger partial charge in [-0.15, -0.1) is 11.3 Å². The van der Waals surface area contributed by atoms with Gasteiger partial charge in [0.05, 0.1) is 9.35 Å². The second-order valence-electron chi connectivity index (χ2n) is 4.08. The van der Waals surface area contributed by atoms with Crippen molar-refractivity contribution in [2.75, 3.05) is 0 Å². The van der Waals surface area contributed by atoms with E-state index in [9.17, 15) is 0 Å². The third-order valence-corrected chi connectivity index (χ3v) is 5.60. The summed E-state index contributed by atoms with van der Waals surface area (Å²) in [6, 6.07) is 14.4. The monoisotopic (exact) mass is 396 g/mol. The van der Waals surface area contributed by atoms with Crippen LogP contribution in [0.5, 0.6) is 5.75 Å². The van der Waals surface area contributed by atoms with Crippen molar-refractivity contribution < 1.29 is 4.74 Å². The molecule has 0 radical (unpaired) electrons. The summed E-state index contributed by atoms with van der Waals surface area (Å²) in [5.74, 6) is 0.874. The molecule has 0 spiro atoms. The molecule has 0 unspecified atom stereocenters. The standard InChI is InChI=1S/C15H10Br2OS/c16-12-7-8-19-14(12)9-18-13-6-5-10-3-1-2-4-11(10)15(13)17/h1-8H,9H2. The maximum absolute atomic E-state index is 5.90. The lowest BCUT2D eigenvalue weighted by Crippen LogP contribution is -1.94. The van der Waals surface area contributed by atoms with E-state index >= 15 is 0 Å². The van der Waals surface area contributed by atoms with Crippen LogP contribution in [0, 0.1) is 0 Å². The molecule has 3 rings (SSSR count). The highest BCUT2D eigenvalue weighted by atomic mass is 79.9. The third kappa shape index (κ3) is 2.71. The van der Waals surface area contributed by atoms with Gasteiger partial charge in [-0.05, 0) is 60.1 Å². The first kappa shape index (κ1) is 13.2. The van der Waals surface area contributed by atoms with Crippen LogP contribution >= 0.6 is 43.2 Å². The van der Waals surface area contributed by atoms with E-state index in [0.717, 1.165) is 14.7 Å². The van der Waals surface area contributed by atoms with Gasteiger partial charge in [-0.25, -0.2) is 0 Å². The summed E-state index contributed by atoms with van der Waals surface area (Å²) in [7, 11) is 0. The van der Waals surface area contributed by atoms with Gasteiger partial charge in [0.1, 0.15) is 12.4 Å². The highest BCUT2D eigenvalue weighted by molar-refractivity contribution is 9.11. The van der Waals surface area contributed by atoms with Gasteiger partial charge in [0, 0.05) is 4.47 Å². The molecule has 0 saturated heterocycles. The molecule has 0 N–H and O–H groups in total. The number of halogens is 2. The van der Waals surface area contributed by atoms with Gasteiger partial charge in [0.15, 0.2) is 0 Å². The molecule has 0 atom stereocenters. The van der Waals surface area contributed by atoms with E-state index in [-0.39, 0.29) is 0 Å². The molecule has 3 aromatic rings. The van der Waals surface area contributed by atoms with Crippen molar-refractivity contribution >= 4 is 54.0 Å². The summed E-state index contributed by atoms with van der Waals surface area (Å²) in [6.45, 7) is 0.579. The quantitative estimate of drug-likeness (QED) is 0.526. The van der Waals surface area contributed by atoms with Crippen molar-refractivity contribution in [1.29, 1.82) is 0 Å². The van der Waals surface area contributed by atoms with E-state index < -0.39 is 0 Å². The number of fused-ring (bicyclic) bond motifs is 1. The predicted octanol–water partition coefficient (Wildman–Crippen LogP) is 6.01. The number of rotatable bonds is 3. The molecule has 1 aromatic heterocycles. The van der Waals surface area contributed by atoms with Gasteiger partial charge in [-0.1, -0.05) is 30.3 Å². The van der Waals surface area contributed by atoms with Crippen LogP contribution in [-0.2, 0) is 6.61 Å². The van der Waals surface area contributed by atoms with E-state index in [1.165, 1.54) is 15.6 Å². The molecule has 0 aliphatic carbocycles. The van der Waals surface area contributed by atoms with Crippen molar-refractivity contribution in [2.24, 2.45) is 0 Å². The SMILES string of the molecule is Brc1ccsc1COc1ccc2ccccc2c1Br. The molecule has 2 aromatic carbocycles.